The van der Waals surface area contributed by atoms with E-state index in [1.165, 1.54) is 17.8 Å². The van der Waals surface area contributed by atoms with Gasteiger partial charge in [0, 0.05) is 45.0 Å². The fourth-order valence-electron chi connectivity index (χ4n) is 4.13. The number of carbonyl (C=O) groups is 2. The monoisotopic (exact) mass is 564 g/mol. The van der Waals surface area contributed by atoms with Gasteiger partial charge in [0.25, 0.3) is 5.91 Å². The summed E-state index contributed by atoms with van der Waals surface area (Å²) in [5, 5.41) is 20.4. The van der Waals surface area contributed by atoms with Crippen LogP contribution in [0.3, 0.4) is 0 Å². The molecule has 2 atom stereocenters. The second-order valence-electron chi connectivity index (χ2n) is 8.80. The van der Waals surface area contributed by atoms with Crippen LogP contribution in [-0.4, -0.2) is 86.4 Å². The van der Waals surface area contributed by atoms with Crippen LogP contribution in [0.1, 0.15) is 16.1 Å². The van der Waals surface area contributed by atoms with Crippen molar-refractivity contribution in [1.29, 1.82) is 0 Å². The molecule has 212 valence electrons. The molecule has 5 rings (SSSR count). The average molecular weight is 564 g/mol. The van der Waals surface area contributed by atoms with Gasteiger partial charge in [0.05, 0.1) is 31.1 Å². The van der Waals surface area contributed by atoms with E-state index in [4.69, 9.17) is 14.6 Å². The van der Waals surface area contributed by atoms with Crippen LogP contribution in [0.5, 0.6) is 0 Å². The highest BCUT2D eigenvalue weighted by molar-refractivity contribution is 6.08. The summed E-state index contributed by atoms with van der Waals surface area (Å²) < 4.78 is 79.6. The number of aliphatic carboxylic acids is 1. The molecule has 5 heterocycles. The summed E-state index contributed by atoms with van der Waals surface area (Å²) in [5.41, 5.74) is -1.27. The van der Waals surface area contributed by atoms with E-state index in [0.717, 1.165) is 30.5 Å². The van der Waals surface area contributed by atoms with Gasteiger partial charge < -0.3 is 25.4 Å². The smallest absolute Gasteiger partial charge is 0.475 e. The predicted molar refractivity (Wildman–Crippen MR) is 121 cm³/mol. The Bertz CT molecular complexity index is 1340. The molecule has 0 saturated carbocycles. The maximum absolute atomic E-state index is 13.2. The number of fused-ring (bicyclic) bond motifs is 4. The first-order valence-electron chi connectivity index (χ1n) is 11.4. The molecule has 3 aromatic rings. The van der Waals surface area contributed by atoms with E-state index in [1.807, 2.05) is 6.07 Å². The highest BCUT2D eigenvalue weighted by Gasteiger charge is 2.39. The first-order valence-corrected chi connectivity index (χ1v) is 11.4. The van der Waals surface area contributed by atoms with Crippen molar-refractivity contribution in [2.45, 2.75) is 18.4 Å². The zero-order valence-corrected chi connectivity index (χ0v) is 20.1. The summed E-state index contributed by atoms with van der Waals surface area (Å²) in [6, 6.07) is 1.90. The molecule has 3 N–H and O–H groups in total. The minimum absolute atomic E-state index is 0.0657. The fraction of sp³-hybridized carbons (Fsp3) is 0.476. The van der Waals surface area contributed by atoms with Crippen molar-refractivity contribution >= 4 is 29.0 Å². The van der Waals surface area contributed by atoms with Gasteiger partial charge in [-0.1, -0.05) is 0 Å². The molecule has 2 aliphatic rings. The molecule has 0 spiro atoms. The molecule has 3 aromatic heterocycles. The Hall–Kier alpha value is -3.93. The molecule has 0 radical (unpaired) electrons. The van der Waals surface area contributed by atoms with Gasteiger partial charge in [-0.15, -0.1) is 0 Å². The Morgan fingerprint density at radius 3 is 2.56 bits per heavy atom. The third-order valence-corrected chi connectivity index (χ3v) is 5.85. The molecular weight excluding hydrogens is 542 g/mol. The number of aryl methyl sites for hydroxylation is 1. The normalized spacial score (nSPS) is 19.7. The maximum Gasteiger partial charge on any atom is 0.490 e. The molecule has 2 bridgehead atoms. The lowest BCUT2D eigenvalue weighted by atomic mass is 10.1. The molecule has 2 aliphatic heterocycles. The molecule has 0 aromatic carbocycles. The summed E-state index contributed by atoms with van der Waals surface area (Å²) in [6.07, 6.45) is -5.70. The highest BCUT2D eigenvalue weighted by Crippen LogP contribution is 2.33. The van der Waals surface area contributed by atoms with Crippen LogP contribution in [0.2, 0.25) is 0 Å². The summed E-state index contributed by atoms with van der Waals surface area (Å²) in [4.78, 5) is 28.5. The average Bonchev–Trinajstić information content (AvgIpc) is 3.27. The van der Waals surface area contributed by atoms with Crippen molar-refractivity contribution in [2.75, 3.05) is 43.1 Å². The Morgan fingerprint density at radius 2 is 1.90 bits per heavy atom. The number of halogens is 6. The van der Waals surface area contributed by atoms with Crippen molar-refractivity contribution in [2.24, 2.45) is 13.0 Å². The molecular formula is C21H22F6N8O4. The molecule has 2 fully saturated rings. The maximum atomic E-state index is 13.2. The van der Waals surface area contributed by atoms with Crippen LogP contribution in [0.4, 0.5) is 37.8 Å². The van der Waals surface area contributed by atoms with Gasteiger partial charge >= 0.3 is 18.3 Å². The highest BCUT2D eigenvalue weighted by atomic mass is 19.4. The number of alkyl halides is 6. The zero-order chi connectivity index (χ0) is 28.5. The summed E-state index contributed by atoms with van der Waals surface area (Å²) in [6.45, 7) is 3.57. The minimum Gasteiger partial charge on any atom is -0.475 e. The number of carboxylic acids is 1. The van der Waals surface area contributed by atoms with E-state index in [9.17, 15) is 31.1 Å². The van der Waals surface area contributed by atoms with E-state index >= 15 is 0 Å². The number of aromatic nitrogens is 5. The van der Waals surface area contributed by atoms with E-state index in [0.29, 0.717) is 24.9 Å². The van der Waals surface area contributed by atoms with Crippen LogP contribution in [0.25, 0.3) is 5.65 Å². The number of hydrogen-bond acceptors (Lipinski definition) is 8. The van der Waals surface area contributed by atoms with Gasteiger partial charge in [0.15, 0.2) is 11.3 Å². The number of amides is 1. The lowest BCUT2D eigenvalue weighted by molar-refractivity contribution is -0.192. The van der Waals surface area contributed by atoms with Crippen LogP contribution in [-0.2, 0) is 22.8 Å². The quantitative estimate of drug-likeness (QED) is 0.407. The number of hydrogen-bond donors (Lipinski definition) is 3. The molecule has 2 unspecified atom stereocenters. The largest absolute Gasteiger partial charge is 0.490 e. The van der Waals surface area contributed by atoms with Crippen molar-refractivity contribution < 1.29 is 45.8 Å². The number of carboxylic acid groups (broad SMARTS) is 1. The second-order valence-corrected chi connectivity index (χ2v) is 8.80. The molecule has 18 heteroatoms. The van der Waals surface area contributed by atoms with E-state index < -0.39 is 35.6 Å². The Kier molecular flexibility index (Phi) is 7.69. The van der Waals surface area contributed by atoms with Crippen LogP contribution in [0.15, 0.2) is 24.7 Å². The predicted octanol–water partition coefficient (Wildman–Crippen LogP) is 1.79. The molecule has 39 heavy (non-hydrogen) atoms. The van der Waals surface area contributed by atoms with Gasteiger partial charge in [0.1, 0.15) is 11.4 Å². The van der Waals surface area contributed by atoms with Crippen molar-refractivity contribution in [3.63, 3.8) is 0 Å². The van der Waals surface area contributed by atoms with E-state index in [2.05, 4.69) is 30.7 Å². The Balaban J connectivity index is 0.000000448. The van der Waals surface area contributed by atoms with E-state index in [1.54, 1.807) is 6.20 Å². The summed E-state index contributed by atoms with van der Waals surface area (Å²) in [7, 11) is 1.35. The molecule has 2 saturated heterocycles. The van der Waals surface area contributed by atoms with Crippen LogP contribution >= 0.6 is 0 Å². The first kappa shape index (κ1) is 28.1. The molecule has 12 nitrogen and oxygen atoms in total. The third-order valence-electron chi connectivity index (χ3n) is 5.85. The van der Waals surface area contributed by atoms with E-state index in [-0.39, 0.29) is 17.3 Å². The second kappa shape index (κ2) is 10.7. The van der Waals surface area contributed by atoms with Gasteiger partial charge in [-0.3, -0.25) is 9.48 Å². The number of rotatable bonds is 3. The van der Waals surface area contributed by atoms with Gasteiger partial charge in [-0.2, -0.15) is 36.5 Å². The summed E-state index contributed by atoms with van der Waals surface area (Å²) >= 11 is 0. The van der Waals surface area contributed by atoms with Crippen molar-refractivity contribution in [3.8, 4) is 0 Å². The number of carbonyl (C=O) groups excluding carboxylic acids is 1. The lowest BCUT2D eigenvalue weighted by Gasteiger charge is -2.29. The minimum atomic E-state index is -5.08. The molecule has 0 aliphatic carbocycles. The van der Waals surface area contributed by atoms with Gasteiger partial charge in [-0.05, 0) is 6.07 Å². The molecule has 1 amide bonds. The van der Waals surface area contributed by atoms with Crippen molar-refractivity contribution in [3.05, 3.63) is 35.9 Å². The lowest BCUT2D eigenvalue weighted by Crippen LogP contribution is -2.42. The number of nitrogens with one attached hydrogen (secondary N) is 2. The zero-order valence-electron chi connectivity index (χ0n) is 20.1. The topological polar surface area (TPSA) is 139 Å². The third kappa shape index (κ3) is 6.39. The van der Waals surface area contributed by atoms with Gasteiger partial charge in [-0.25, -0.2) is 14.3 Å². The van der Waals surface area contributed by atoms with Gasteiger partial charge in [0.2, 0.25) is 0 Å². The number of ether oxygens (including phenoxy) is 1. The SMILES string of the molecule is Cn1cc(NC(=O)c2cnn3ccc(N4CC5CNCC4COC5)nc23)c(C(F)(F)F)n1.O=C(O)C(F)(F)F. The number of anilines is 2. The van der Waals surface area contributed by atoms with Crippen molar-refractivity contribution in [1.82, 2.24) is 29.7 Å². The Labute approximate surface area is 215 Å². The first-order chi connectivity index (χ1) is 18.2. The summed E-state index contributed by atoms with van der Waals surface area (Å²) in [5.74, 6) is -2.54. The Morgan fingerprint density at radius 1 is 1.18 bits per heavy atom. The van der Waals surface area contributed by atoms with Crippen LogP contribution in [0, 0.1) is 5.92 Å². The standard InChI is InChI=1S/C19H21F3N8O2.C2HF3O2/c1-28-8-14(16(27-28)19(20,21)22)25-18(31)13-6-24-30-3-2-15(26-17(13)30)29-7-11-4-23-5-12(29)10-32-9-11;3-2(4,5)1(6)7/h2-3,6,8,11-12,23H,4-5,7,9-10H2,1H3,(H,25,31);(H,6,7). The fourth-order valence-corrected chi connectivity index (χ4v) is 4.13. The van der Waals surface area contributed by atoms with Crippen LogP contribution < -0.4 is 15.5 Å². The number of nitrogens with zero attached hydrogens (tertiary/aromatic N) is 6.